The molecule has 3 aromatic rings. The molecule has 0 saturated carbocycles. The molecule has 1 aromatic carbocycles. The number of nitrogens with zero attached hydrogens (tertiary/aromatic N) is 2. The number of rotatable bonds is 9. The summed E-state index contributed by atoms with van der Waals surface area (Å²) in [6.07, 6.45) is -0.0576. The number of H-pyrrole nitrogens is 1. The number of carbonyl (C=O) groups is 1. The highest BCUT2D eigenvalue weighted by molar-refractivity contribution is 5.73. The van der Waals surface area contributed by atoms with Crippen LogP contribution in [-0.4, -0.2) is 27.2 Å². The molecule has 1 amide bonds. The van der Waals surface area contributed by atoms with Crippen LogP contribution in [0.4, 0.5) is 26.2 Å². The Labute approximate surface area is 184 Å². The lowest BCUT2D eigenvalue weighted by Gasteiger charge is -2.19. The number of carbonyl (C=O) groups excluding carboxylic acids is 1. The molecular formula is C22H26F2N6O2. The molecule has 8 nitrogen and oxygen atoms in total. The van der Waals surface area contributed by atoms with Crippen molar-refractivity contribution in [2.45, 2.75) is 46.4 Å². The molecule has 0 saturated heterocycles. The summed E-state index contributed by atoms with van der Waals surface area (Å²) in [4.78, 5) is 15.7. The minimum absolute atomic E-state index is 0.0369. The smallest absolute Gasteiger partial charge is 0.234 e. The SMILES string of the molecule is CC(=O)NCc1cc(F)c(Nc2cc(OC(C)C)n[nH]2)nc1N[C@@H](C)c1ccc(F)cc1. The zero-order valence-electron chi connectivity index (χ0n) is 18.3. The molecule has 0 spiro atoms. The fourth-order valence-electron chi connectivity index (χ4n) is 2.93. The van der Waals surface area contributed by atoms with E-state index in [1.54, 1.807) is 18.2 Å². The predicted octanol–water partition coefficient (Wildman–Crippen LogP) is 4.42. The van der Waals surface area contributed by atoms with Crippen LogP contribution in [0.25, 0.3) is 0 Å². The van der Waals surface area contributed by atoms with Gasteiger partial charge in [0.05, 0.1) is 6.10 Å². The van der Waals surface area contributed by atoms with Crippen LogP contribution >= 0.6 is 0 Å². The molecule has 0 bridgehead atoms. The minimum Gasteiger partial charge on any atom is -0.474 e. The Bertz CT molecular complexity index is 1070. The van der Waals surface area contributed by atoms with Gasteiger partial charge in [-0.2, -0.15) is 0 Å². The van der Waals surface area contributed by atoms with Crippen molar-refractivity contribution in [3.63, 3.8) is 0 Å². The topological polar surface area (TPSA) is 104 Å². The van der Waals surface area contributed by atoms with Gasteiger partial charge in [0.25, 0.3) is 0 Å². The summed E-state index contributed by atoms with van der Waals surface area (Å²) in [6.45, 7) is 7.09. The molecular weight excluding hydrogens is 418 g/mol. The van der Waals surface area contributed by atoms with Crippen molar-refractivity contribution < 1.29 is 18.3 Å². The Morgan fingerprint density at radius 2 is 1.84 bits per heavy atom. The van der Waals surface area contributed by atoms with E-state index in [9.17, 15) is 13.6 Å². The summed E-state index contributed by atoms with van der Waals surface area (Å²) in [5.74, 6) is -0.0824. The van der Waals surface area contributed by atoms with Gasteiger partial charge in [-0.15, -0.1) is 5.10 Å². The van der Waals surface area contributed by atoms with Crippen LogP contribution < -0.4 is 20.7 Å². The van der Waals surface area contributed by atoms with Gasteiger partial charge in [-0.05, 0) is 44.5 Å². The standard InChI is InChI=1S/C22H26F2N6O2/c1-12(2)32-20-10-19(29-30-20)27-22-18(24)9-16(11-25-14(4)31)21(28-22)26-13(3)15-5-7-17(23)8-6-15/h5-10,12-13H,11H2,1-4H3,(H,25,31)(H3,26,27,28,29,30)/t13-/m0/s1. The number of nitrogens with one attached hydrogen (secondary N) is 4. The molecule has 0 fully saturated rings. The van der Waals surface area contributed by atoms with Gasteiger partial charge in [0.2, 0.25) is 11.8 Å². The normalized spacial score (nSPS) is 11.8. The maximum atomic E-state index is 14.8. The van der Waals surface area contributed by atoms with Crippen LogP contribution in [0.15, 0.2) is 36.4 Å². The average molecular weight is 444 g/mol. The van der Waals surface area contributed by atoms with Gasteiger partial charge in [-0.25, -0.2) is 13.8 Å². The van der Waals surface area contributed by atoms with E-state index in [0.717, 1.165) is 5.56 Å². The predicted molar refractivity (Wildman–Crippen MR) is 118 cm³/mol. The second-order valence-corrected chi connectivity index (χ2v) is 7.57. The summed E-state index contributed by atoms with van der Waals surface area (Å²) in [6, 6.07) is 8.69. The number of halogens is 2. The Morgan fingerprint density at radius 3 is 2.50 bits per heavy atom. The quantitative estimate of drug-likeness (QED) is 0.389. The number of pyridine rings is 1. The average Bonchev–Trinajstić information content (AvgIpc) is 3.15. The Morgan fingerprint density at radius 1 is 1.12 bits per heavy atom. The third kappa shape index (κ3) is 6.16. The maximum absolute atomic E-state index is 14.8. The maximum Gasteiger partial charge on any atom is 0.234 e. The summed E-state index contributed by atoms with van der Waals surface area (Å²) in [5.41, 5.74) is 1.28. The molecule has 0 aliphatic rings. The Kier molecular flexibility index (Phi) is 7.24. The third-order valence-corrected chi connectivity index (χ3v) is 4.47. The number of amides is 1. The molecule has 32 heavy (non-hydrogen) atoms. The van der Waals surface area contributed by atoms with Gasteiger partial charge in [-0.3, -0.25) is 9.89 Å². The number of hydrogen-bond donors (Lipinski definition) is 4. The zero-order chi connectivity index (χ0) is 23.3. The lowest BCUT2D eigenvalue weighted by molar-refractivity contribution is -0.119. The van der Waals surface area contributed by atoms with Gasteiger partial charge in [-0.1, -0.05) is 12.1 Å². The molecule has 3 rings (SSSR count). The van der Waals surface area contributed by atoms with E-state index in [0.29, 0.717) is 23.1 Å². The van der Waals surface area contributed by atoms with E-state index in [4.69, 9.17) is 4.74 Å². The van der Waals surface area contributed by atoms with Crippen LogP contribution in [0, 0.1) is 11.6 Å². The molecule has 0 aliphatic heterocycles. The molecule has 0 unspecified atom stereocenters. The van der Waals surface area contributed by atoms with Crippen molar-refractivity contribution in [1.29, 1.82) is 0 Å². The van der Waals surface area contributed by atoms with E-state index in [2.05, 4.69) is 31.1 Å². The number of aromatic amines is 1. The van der Waals surface area contributed by atoms with Gasteiger partial charge in [0.1, 0.15) is 17.5 Å². The summed E-state index contributed by atoms with van der Waals surface area (Å²) in [5, 5.41) is 15.5. The first kappa shape index (κ1) is 23.0. The fraction of sp³-hybridized carbons (Fsp3) is 0.318. The number of ether oxygens (including phenoxy) is 1. The van der Waals surface area contributed by atoms with Crippen LogP contribution in [0.3, 0.4) is 0 Å². The first-order valence-electron chi connectivity index (χ1n) is 10.2. The Hall–Kier alpha value is -3.69. The molecule has 0 aliphatic carbocycles. The highest BCUT2D eigenvalue weighted by atomic mass is 19.1. The van der Waals surface area contributed by atoms with Crippen LogP contribution in [0.2, 0.25) is 0 Å². The number of benzene rings is 1. The summed E-state index contributed by atoms with van der Waals surface area (Å²) >= 11 is 0. The second kappa shape index (κ2) is 10.1. The lowest BCUT2D eigenvalue weighted by atomic mass is 10.1. The minimum atomic E-state index is -0.605. The van der Waals surface area contributed by atoms with Gasteiger partial charge >= 0.3 is 0 Å². The molecule has 1 atom stereocenters. The summed E-state index contributed by atoms with van der Waals surface area (Å²) in [7, 11) is 0. The van der Waals surface area contributed by atoms with Crippen LogP contribution in [0.5, 0.6) is 5.88 Å². The largest absolute Gasteiger partial charge is 0.474 e. The van der Waals surface area contributed by atoms with Gasteiger partial charge in [0, 0.05) is 31.1 Å². The molecule has 170 valence electrons. The van der Waals surface area contributed by atoms with E-state index < -0.39 is 5.82 Å². The van der Waals surface area contributed by atoms with Crippen LogP contribution in [0.1, 0.15) is 44.9 Å². The highest BCUT2D eigenvalue weighted by Crippen LogP contribution is 2.27. The molecule has 2 heterocycles. The first-order valence-corrected chi connectivity index (χ1v) is 10.2. The number of anilines is 3. The van der Waals surface area contributed by atoms with Crippen LogP contribution in [-0.2, 0) is 11.3 Å². The van der Waals surface area contributed by atoms with Gasteiger partial charge in [0.15, 0.2) is 11.6 Å². The van der Waals surface area contributed by atoms with E-state index in [1.807, 2.05) is 20.8 Å². The van der Waals surface area contributed by atoms with E-state index in [-0.39, 0.29) is 36.2 Å². The molecule has 10 heteroatoms. The van der Waals surface area contributed by atoms with Crippen molar-refractivity contribution in [1.82, 2.24) is 20.5 Å². The Balaban J connectivity index is 1.87. The van der Waals surface area contributed by atoms with Crippen molar-refractivity contribution in [2.24, 2.45) is 0 Å². The highest BCUT2D eigenvalue weighted by Gasteiger charge is 2.16. The van der Waals surface area contributed by atoms with E-state index >= 15 is 0 Å². The molecule has 4 N–H and O–H groups in total. The van der Waals surface area contributed by atoms with Crippen molar-refractivity contribution >= 4 is 23.4 Å². The fourth-order valence-corrected chi connectivity index (χ4v) is 2.93. The van der Waals surface area contributed by atoms with Crippen molar-refractivity contribution in [2.75, 3.05) is 10.6 Å². The second-order valence-electron chi connectivity index (χ2n) is 7.57. The van der Waals surface area contributed by atoms with Crippen molar-refractivity contribution in [3.05, 3.63) is 59.2 Å². The van der Waals surface area contributed by atoms with E-state index in [1.165, 1.54) is 25.1 Å². The van der Waals surface area contributed by atoms with Gasteiger partial charge < -0.3 is 20.7 Å². The molecule has 0 radical (unpaired) electrons. The van der Waals surface area contributed by atoms with Crippen molar-refractivity contribution in [3.8, 4) is 5.88 Å². The third-order valence-electron chi connectivity index (χ3n) is 4.47. The monoisotopic (exact) mass is 444 g/mol. The number of hydrogen-bond acceptors (Lipinski definition) is 6. The first-order chi connectivity index (χ1) is 15.2. The number of aromatic nitrogens is 3. The summed E-state index contributed by atoms with van der Waals surface area (Å²) < 4.78 is 33.5. The molecule has 2 aromatic heterocycles. The lowest BCUT2D eigenvalue weighted by Crippen LogP contribution is -2.21. The zero-order valence-corrected chi connectivity index (χ0v) is 18.3.